The summed E-state index contributed by atoms with van der Waals surface area (Å²) in [5.41, 5.74) is -1.07. The van der Waals surface area contributed by atoms with Gasteiger partial charge in [0.2, 0.25) is 0 Å². The molecule has 7 nitrogen and oxygen atoms in total. The van der Waals surface area contributed by atoms with Gasteiger partial charge in [-0.3, -0.25) is 0 Å². The van der Waals surface area contributed by atoms with E-state index in [-0.39, 0.29) is 6.61 Å². The number of fused-ring (bicyclic) bond motifs is 1. The number of hydrogen-bond donors (Lipinski definition) is 3. The lowest BCUT2D eigenvalue weighted by Gasteiger charge is -2.27. The molecule has 0 amide bonds. The van der Waals surface area contributed by atoms with Crippen molar-refractivity contribution < 1.29 is 20.1 Å². The summed E-state index contributed by atoms with van der Waals surface area (Å²) in [6.45, 7) is 1.06. The highest BCUT2D eigenvalue weighted by Crippen LogP contribution is 2.39. The topological polar surface area (TPSA) is 101 Å². The van der Waals surface area contributed by atoms with Crippen LogP contribution in [0.2, 0.25) is 5.15 Å². The van der Waals surface area contributed by atoms with Crippen LogP contribution in [0.1, 0.15) is 13.2 Å². The summed E-state index contributed by atoms with van der Waals surface area (Å²) < 4.78 is 7.11. The van der Waals surface area contributed by atoms with E-state index >= 15 is 0 Å². The standard InChI is InChI=1S/C12H14ClN3O4/c1-12(19)8(18)7(4-17)20-11(12)16-3-2-6-9(13)14-5-15-10(6)16/h2-3,5,7-8,11,17-19H,4H2,1H3/t7?,8?,11?,12-/m1/s1. The molecule has 3 unspecified atom stereocenters. The number of aromatic nitrogens is 3. The van der Waals surface area contributed by atoms with Gasteiger partial charge in [-0.2, -0.15) is 0 Å². The minimum Gasteiger partial charge on any atom is -0.394 e. The molecule has 0 aliphatic carbocycles. The zero-order chi connectivity index (χ0) is 14.5. The van der Waals surface area contributed by atoms with Gasteiger partial charge in [0.1, 0.15) is 34.9 Å². The summed E-state index contributed by atoms with van der Waals surface area (Å²) in [4.78, 5) is 8.00. The lowest BCUT2D eigenvalue weighted by atomic mass is 9.96. The van der Waals surface area contributed by atoms with Gasteiger partial charge in [0.25, 0.3) is 0 Å². The largest absolute Gasteiger partial charge is 0.394 e. The number of aliphatic hydroxyl groups excluding tert-OH is 2. The minimum absolute atomic E-state index is 0.297. The normalized spacial score (nSPS) is 34.0. The number of ether oxygens (including phenoxy) is 1. The molecule has 20 heavy (non-hydrogen) atoms. The van der Waals surface area contributed by atoms with Gasteiger partial charge < -0.3 is 24.6 Å². The first-order valence-electron chi connectivity index (χ1n) is 6.10. The van der Waals surface area contributed by atoms with Gasteiger partial charge >= 0.3 is 0 Å². The lowest BCUT2D eigenvalue weighted by molar-refractivity contribution is -0.0948. The number of halogens is 1. The summed E-state index contributed by atoms with van der Waals surface area (Å²) in [6.07, 6.45) is 0.0249. The smallest absolute Gasteiger partial charge is 0.167 e. The van der Waals surface area contributed by atoms with E-state index in [0.29, 0.717) is 16.2 Å². The molecule has 0 aromatic carbocycles. The van der Waals surface area contributed by atoms with Crippen molar-refractivity contribution in [2.45, 2.75) is 31.0 Å². The third-order valence-corrected chi connectivity index (χ3v) is 3.95. The monoisotopic (exact) mass is 299 g/mol. The molecular formula is C12H14ClN3O4. The van der Waals surface area contributed by atoms with Gasteiger partial charge in [-0.25, -0.2) is 9.97 Å². The average Bonchev–Trinajstić information content (AvgIpc) is 2.92. The molecule has 4 atom stereocenters. The number of rotatable bonds is 2. The molecule has 1 aliphatic heterocycles. The van der Waals surface area contributed by atoms with E-state index in [4.69, 9.17) is 16.3 Å². The maximum Gasteiger partial charge on any atom is 0.167 e. The summed E-state index contributed by atoms with van der Waals surface area (Å²) in [7, 11) is 0. The van der Waals surface area contributed by atoms with E-state index in [1.165, 1.54) is 13.3 Å². The van der Waals surface area contributed by atoms with Crippen LogP contribution in [0.3, 0.4) is 0 Å². The molecule has 0 radical (unpaired) electrons. The van der Waals surface area contributed by atoms with Crippen LogP contribution in [0, 0.1) is 0 Å². The van der Waals surface area contributed by atoms with E-state index in [0.717, 1.165) is 0 Å². The predicted molar refractivity (Wildman–Crippen MR) is 70.2 cm³/mol. The van der Waals surface area contributed by atoms with Crippen molar-refractivity contribution in [3.63, 3.8) is 0 Å². The second-order valence-electron chi connectivity index (χ2n) is 5.00. The second-order valence-corrected chi connectivity index (χ2v) is 5.36. The highest BCUT2D eigenvalue weighted by molar-refractivity contribution is 6.33. The van der Waals surface area contributed by atoms with Crippen molar-refractivity contribution in [2.24, 2.45) is 0 Å². The Morgan fingerprint density at radius 2 is 2.25 bits per heavy atom. The number of hydrogen-bond acceptors (Lipinski definition) is 6. The zero-order valence-corrected chi connectivity index (χ0v) is 11.4. The van der Waals surface area contributed by atoms with E-state index in [1.807, 2.05) is 0 Å². The van der Waals surface area contributed by atoms with Crippen LogP contribution in [0.5, 0.6) is 0 Å². The van der Waals surface area contributed by atoms with Gasteiger partial charge in [0.15, 0.2) is 6.23 Å². The fourth-order valence-corrected chi connectivity index (χ4v) is 2.71. The molecule has 1 aliphatic rings. The quantitative estimate of drug-likeness (QED) is 0.679. The van der Waals surface area contributed by atoms with E-state index in [9.17, 15) is 15.3 Å². The van der Waals surface area contributed by atoms with E-state index in [1.54, 1.807) is 16.8 Å². The maximum absolute atomic E-state index is 10.4. The van der Waals surface area contributed by atoms with E-state index < -0.39 is 24.0 Å². The Hall–Kier alpha value is -1.25. The Balaban J connectivity index is 2.10. The summed E-state index contributed by atoms with van der Waals surface area (Å²) in [6, 6.07) is 1.70. The first-order chi connectivity index (χ1) is 9.46. The third-order valence-electron chi connectivity index (χ3n) is 3.65. The molecule has 1 saturated heterocycles. The summed E-state index contributed by atoms with van der Waals surface area (Å²) >= 11 is 5.98. The van der Waals surface area contributed by atoms with Gasteiger partial charge in [-0.1, -0.05) is 11.6 Å². The molecule has 8 heteroatoms. The van der Waals surface area contributed by atoms with Crippen LogP contribution in [0.15, 0.2) is 18.6 Å². The van der Waals surface area contributed by atoms with Gasteiger partial charge in [0, 0.05) is 6.20 Å². The van der Waals surface area contributed by atoms with Crippen molar-refractivity contribution in [3.05, 3.63) is 23.7 Å². The van der Waals surface area contributed by atoms with Crippen molar-refractivity contribution in [2.75, 3.05) is 6.61 Å². The molecule has 3 heterocycles. The maximum atomic E-state index is 10.4. The van der Waals surface area contributed by atoms with Gasteiger partial charge in [-0.05, 0) is 13.0 Å². The fourth-order valence-electron chi connectivity index (χ4n) is 2.52. The molecule has 3 N–H and O–H groups in total. The third kappa shape index (κ3) is 1.82. The molecule has 3 rings (SSSR count). The van der Waals surface area contributed by atoms with E-state index in [2.05, 4.69) is 9.97 Å². The van der Waals surface area contributed by atoms with Gasteiger partial charge in [-0.15, -0.1) is 0 Å². The van der Waals surface area contributed by atoms with Crippen LogP contribution in [-0.2, 0) is 4.74 Å². The van der Waals surface area contributed by atoms with Gasteiger partial charge in [0.05, 0.1) is 12.0 Å². The molecule has 0 spiro atoms. The van der Waals surface area contributed by atoms with Crippen molar-refractivity contribution in [3.8, 4) is 0 Å². The highest BCUT2D eigenvalue weighted by Gasteiger charge is 2.53. The van der Waals surface area contributed by atoms with Crippen LogP contribution >= 0.6 is 11.6 Å². The summed E-state index contributed by atoms with van der Waals surface area (Å²) in [5, 5.41) is 30.6. The summed E-state index contributed by atoms with van der Waals surface area (Å²) in [5.74, 6) is 0. The predicted octanol–water partition coefficient (Wildman–Crippen LogP) is 0.0863. The fraction of sp³-hybridized carbons (Fsp3) is 0.500. The van der Waals surface area contributed by atoms with Crippen LogP contribution < -0.4 is 0 Å². The first kappa shape index (κ1) is 13.7. The molecular weight excluding hydrogens is 286 g/mol. The molecule has 2 aromatic heterocycles. The average molecular weight is 300 g/mol. The minimum atomic E-state index is -1.56. The molecule has 2 aromatic rings. The highest BCUT2D eigenvalue weighted by atomic mass is 35.5. The number of aliphatic hydroxyl groups is 3. The Bertz CT molecular complexity index is 645. The molecule has 0 bridgehead atoms. The Kier molecular flexibility index (Phi) is 3.19. The van der Waals surface area contributed by atoms with Crippen molar-refractivity contribution in [1.82, 2.24) is 14.5 Å². The Labute approximate surface area is 119 Å². The van der Waals surface area contributed by atoms with Crippen LogP contribution in [0.4, 0.5) is 0 Å². The first-order valence-corrected chi connectivity index (χ1v) is 6.48. The molecule has 108 valence electrons. The van der Waals surface area contributed by atoms with Crippen molar-refractivity contribution >= 4 is 22.6 Å². The zero-order valence-electron chi connectivity index (χ0n) is 10.6. The molecule has 1 fully saturated rings. The Morgan fingerprint density at radius 3 is 2.90 bits per heavy atom. The Morgan fingerprint density at radius 1 is 1.50 bits per heavy atom. The lowest BCUT2D eigenvalue weighted by Crippen LogP contribution is -2.44. The van der Waals surface area contributed by atoms with Crippen LogP contribution in [0.25, 0.3) is 11.0 Å². The van der Waals surface area contributed by atoms with Crippen molar-refractivity contribution in [1.29, 1.82) is 0 Å². The second kappa shape index (κ2) is 4.64. The van der Waals surface area contributed by atoms with Crippen LogP contribution in [-0.4, -0.2) is 54.3 Å². The number of nitrogens with zero attached hydrogens (tertiary/aromatic N) is 3. The SMILES string of the molecule is C[C@@]1(O)C(O)C(CO)OC1n1ccc2c(Cl)ncnc21. The molecule has 0 saturated carbocycles.